The molecule has 0 aromatic heterocycles. The van der Waals surface area contributed by atoms with Crippen LogP contribution in [0.5, 0.6) is 0 Å². The van der Waals surface area contributed by atoms with Crippen LogP contribution in [0.25, 0.3) is 0 Å². The van der Waals surface area contributed by atoms with Crippen LogP contribution < -0.4 is 10.6 Å². The maximum absolute atomic E-state index is 13.0. The van der Waals surface area contributed by atoms with E-state index in [1.54, 1.807) is 0 Å². The third-order valence-corrected chi connectivity index (χ3v) is 5.38. The van der Waals surface area contributed by atoms with Gasteiger partial charge in [0.2, 0.25) is 0 Å². The van der Waals surface area contributed by atoms with E-state index in [1.807, 2.05) is 42.3 Å². The van der Waals surface area contributed by atoms with Crippen molar-refractivity contribution in [1.29, 1.82) is 0 Å². The Morgan fingerprint density at radius 1 is 1.26 bits per heavy atom. The number of nitrogens with zero attached hydrogens (tertiary/aromatic N) is 2. The molecule has 142 valence electrons. The zero-order valence-electron chi connectivity index (χ0n) is 15.9. The van der Waals surface area contributed by atoms with E-state index < -0.39 is 6.17 Å². The molecule has 3 aliphatic rings. The van der Waals surface area contributed by atoms with E-state index in [4.69, 9.17) is 4.74 Å². The minimum absolute atomic E-state index is 0.0573. The van der Waals surface area contributed by atoms with Gasteiger partial charge in [-0.15, -0.1) is 0 Å². The lowest BCUT2D eigenvalue weighted by Crippen LogP contribution is -2.46. The topological polar surface area (TPSA) is 56.8 Å². The van der Waals surface area contributed by atoms with Crippen molar-refractivity contribution in [3.05, 3.63) is 65.1 Å². The number of aryl methyl sites for hydroxylation is 1. The fourth-order valence-electron chi connectivity index (χ4n) is 3.63. The molecule has 6 heteroatoms. The van der Waals surface area contributed by atoms with E-state index in [2.05, 4.69) is 34.6 Å². The van der Waals surface area contributed by atoms with Gasteiger partial charge in [-0.05, 0) is 43.2 Å². The number of hydrogen-bond acceptors (Lipinski definition) is 5. The van der Waals surface area contributed by atoms with Gasteiger partial charge in [-0.25, -0.2) is 0 Å². The summed E-state index contributed by atoms with van der Waals surface area (Å²) in [5.74, 6) is -0.0573. The normalized spacial score (nSPS) is 22.0. The minimum atomic E-state index is -0.447. The van der Waals surface area contributed by atoms with Crippen LogP contribution in [-0.4, -0.2) is 54.7 Å². The summed E-state index contributed by atoms with van der Waals surface area (Å²) in [4.78, 5) is 17.4. The highest BCUT2D eigenvalue weighted by Gasteiger charge is 2.35. The van der Waals surface area contributed by atoms with Crippen LogP contribution in [0.1, 0.15) is 11.1 Å². The molecule has 1 unspecified atom stereocenters. The van der Waals surface area contributed by atoms with Gasteiger partial charge in [-0.3, -0.25) is 9.69 Å². The molecule has 6 nitrogen and oxygen atoms in total. The van der Waals surface area contributed by atoms with Crippen molar-refractivity contribution < 1.29 is 9.53 Å². The predicted molar refractivity (Wildman–Crippen MR) is 106 cm³/mol. The molecule has 27 heavy (non-hydrogen) atoms. The number of allylic oxidation sites excluding steroid dienone is 3. The molecule has 1 aromatic rings. The van der Waals surface area contributed by atoms with Crippen molar-refractivity contribution in [2.75, 3.05) is 38.2 Å². The van der Waals surface area contributed by atoms with Crippen LogP contribution in [0.4, 0.5) is 5.69 Å². The first-order valence-electron chi connectivity index (χ1n) is 9.43. The van der Waals surface area contributed by atoms with Crippen LogP contribution in [0.2, 0.25) is 0 Å². The maximum Gasteiger partial charge on any atom is 0.268 e. The number of rotatable bonds is 4. The monoisotopic (exact) mass is 366 g/mol. The second-order valence-electron chi connectivity index (χ2n) is 7.14. The number of anilines is 1. The summed E-state index contributed by atoms with van der Waals surface area (Å²) in [5.41, 5.74) is 5.27. The average Bonchev–Trinajstić information content (AvgIpc) is 3.05. The number of fused-ring (bicyclic) bond motifs is 1. The molecule has 1 saturated heterocycles. The number of morpholine rings is 1. The molecule has 1 fully saturated rings. The first-order chi connectivity index (χ1) is 13.1. The molecule has 0 bridgehead atoms. The predicted octanol–water partition coefficient (Wildman–Crippen LogP) is 2.10. The van der Waals surface area contributed by atoms with Gasteiger partial charge in [0.05, 0.1) is 24.6 Å². The number of carbonyl (C=O) groups excluding carboxylic acids is 1. The van der Waals surface area contributed by atoms with Crippen LogP contribution in [0.15, 0.2) is 54.0 Å². The third kappa shape index (κ3) is 3.63. The Bertz CT molecular complexity index is 821. The van der Waals surface area contributed by atoms with Gasteiger partial charge in [-0.2, -0.15) is 0 Å². The number of nitrogens with one attached hydrogen (secondary N) is 2. The van der Waals surface area contributed by atoms with Crippen LogP contribution in [0.3, 0.4) is 0 Å². The van der Waals surface area contributed by atoms with E-state index in [1.165, 1.54) is 5.56 Å². The molecule has 0 aliphatic carbocycles. The lowest BCUT2D eigenvalue weighted by Gasteiger charge is -2.27. The molecule has 0 radical (unpaired) electrons. The molecule has 4 rings (SSSR count). The third-order valence-electron chi connectivity index (χ3n) is 5.38. The van der Waals surface area contributed by atoms with Crippen molar-refractivity contribution in [2.24, 2.45) is 0 Å². The van der Waals surface area contributed by atoms with Gasteiger partial charge < -0.3 is 20.3 Å². The van der Waals surface area contributed by atoms with Crippen molar-refractivity contribution in [3.63, 3.8) is 0 Å². The van der Waals surface area contributed by atoms with Crippen molar-refractivity contribution in [2.45, 2.75) is 20.0 Å². The summed E-state index contributed by atoms with van der Waals surface area (Å²) >= 11 is 0. The summed E-state index contributed by atoms with van der Waals surface area (Å²) in [7, 11) is 0. The van der Waals surface area contributed by atoms with Crippen LogP contribution >= 0.6 is 0 Å². The fourth-order valence-corrected chi connectivity index (χ4v) is 3.63. The standard InChI is InChI=1S/C21H26N4O2/c1-15-6-5-7-17(16(15)2)23-21(26)20-22-18(14-24-10-12-27-13-11-24)19-8-3-4-9-25(19)20/h3-9,20,22H,10-14H2,1-2H3,(H,23,26). The van der Waals surface area contributed by atoms with E-state index in [0.717, 1.165) is 55.5 Å². The van der Waals surface area contributed by atoms with Crippen LogP contribution in [-0.2, 0) is 9.53 Å². The lowest BCUT2D eigenvalue weighted by molar-refractivity contribution is -0.120. The molecule has 3 heterocycles. The van der Waals surface area contributed by atoms with Gasteiger partial charge >= 0.3 is 0 Å². The summed E-state index contributed by atoms with van der Waals surface area (Å²) in [6.45, 7) is 8.23. The molecule has 1 aromatic carbocycles. The highest BCUT2D eigenvalue weighted by molar-refractivity contribution is 5.96. The first kappa shape index (κ1) is 17.8. The maximum atomic E-state index is 13.0. The van der Waals surface area contributed by atoms with Gasteiger partial charge in [0, 0.05) is 31.5 Å². The average molecular weight is 366 g/mol. The molecule has 2 N–H and O–H groups in total. The largest absolute Gasteiger partial charge is 0.379 e. The van der Waals surface area contributed by atoms with Crippen molar-refractivity contribution in [1.82, 2.24) is 15.1 Å². The molecular formula is C21H26N4O2. The molecule has 3 aliphatic heterocycles. The molecule has 0 spiro atoms. The number of carbonyl (C=O) groups is 1. The lowest BCUT2D eigenvalue weighted by atomic mass is 10.1. The number of amides is 1. The minimum Gasteiger partial charge on any atom is -0.379 e. The van der Waals surface area contributed by atoms with E-state index in [9.17, 15) is 4.79 Å². The Labute approximate surface area is 160 Å². The molecule has 1 amide bonds. The van der Waals surface area contributed by atoms with Gasteiger partial charge in [0.1, 0.15) is 0 Å². The summed E-state index contributed by atoms with van der Waals surface area (Å²) in [5, 5.41) is 6.53. The van der Waals surface area contributed by atoms with Crippen molar-refractivity contribution >= 4 is 11.6 Å². The highest BCUT2D eigenvalue weighted by atomic mass is 16.5. The van der Waals surface area contributed by atoms with Gasteiger partial charge in [0.15, 0.2) is 6.17 Å². The van der Waals surface area contributed by atoms with Gasteiger partial charge in [0.25, 0.3) is 5.91 Å². The zero-order chi connectivity index (χ0) is 18.8. The Hall–Kier alpha value is -2.57. The molecular weight excluding hydrogens is 340 g/mol. The van der Waals surface area contributed by atoms with E-state index in [-0.39, 0.29) is 5.91 Å². The second kappa shape index (κ2) is 7.58. The quantitative estimate of drug-likeness (QED) is 0.855. The van der Waals surface area contributed by atoms with Crippen molar-refractivity contribution in [3.8, 4) is 0 Å². The summed E-state index contributed by atoms with van der Waals surface area (Å²) < 4.78 is 5.44. The molecule has 0 saturated carbocycles. The number of benzene rings is 1. The number of hydrogen-bond donors (Lipinski definition) is 2. The Balaban J connectivity index is 1.50. The second-order valence-corrected chi connectivity index (χ2v) is 7.14. The Morgan fingerprint density at radius 2 is 2.07 bits per heavy atom. The fraction of sp³-hybridized carbons (Fsp3) is 0.381. The first-order valence-corrected chi connectivity index (χ1v) is 9.43. The highest BCUT2D eigenvalue weighted by Crippen LogP contribution is 2.27. The Morgan fingerprint density at radius 3 is 2.89 bits per heavy atom. The zero-order valence-corrected chi connectivity index (χ0v) is 15.9. The van der Waals surface area contributed by atoms with Crippen LogP contribution in [0, 0.1) is 13.8 Å². The summed E-state index contributed by atoms with van der Waals surface area (Å²) in [6.07, 6.45) is 7.55. The van der Waals surface area contributed by atoms with Gasteiger partial charge in [-0.1, -0.05) is 18.2 Å². The smallest absolute Gasteiger partial charge is 0.268 e. The van der Waals surface area contributed by atoms with E-state index >= 15 is 0 Å². The number of ether oxygens (including phenoxy) is 1. The molecule has 1 atom stereocenters. The Kier molecular flexibility index (Phi) is 5.01. The van der Waals surface area contributed by atoms with E-state index in [0.29, 0.717) is 0 Å². The summed E-state index contributed by atoms with van der Waals surface area (Å²) in [6, 6.07) is 5.97. The SMILES string of the molecule is Cc1cccc(NC(=O)C2NC(CN3CCOCC3)=C3C=CC=CN32)c1C.